The highest BCUT2D eigenvalue weighted by molar-refractivity contribution is 8.13. The quantitative estimate of drug-likeness (QED) is 0.719. The molecule has 1 aromatic carbocycles. The Hall–Kier alpha value is -0.640. The molecule has 1 aromatic rings. The molecule has 1 saturated heterocycles. The number of benzene rings is 1. The first-order valence-corrected chi connectivity index (χ1v) is 12.2. The van der Waals surface area contributed by atoms with Crippen molar-refractivity contribution in [3.8, 4) is 0 Å². The van der Waals surface area contributed by atoms with E-state index in [9.17, 15) is 25.3 Å². The maximum Gasteiger partial charge on any atom is 0.261 e. The van der Waals surface area contributed by atoms with Crippen molar-refractivity contribution in [3.63, 3.8) is 0 Å². The van der Waals surface area contributed by atoms with Gasteiger partial charge in [-0.05, 0) is 30.5 Å². The first-order chi connectivity index (χ1) is 9.97. The monoisotopic (exact) mass is 386 g/mol. The molecule has 22 heavy (non-hydrogen) atoms. The molecule has 0 N–H and O–H groups in total. The summed E-state index contributed by atoms with van der Waals surface area (Å²) in [6.07, 6.45) is 0.391. The van der Waals surface area contributed by atoms with E-state index in [0.29, 0.717) is 12.0 Å². The second kappa shape index (κ2) is 5.77. The molecule has 1 unspecified atom stereocenters. The zero-order chi connectivity index (χ0) is 16.8. The number of aryl methyl sites for hydroxylation is 1. The lowest BCUT2D eigenvalue weighted by molar-refractivity contribution is 0.582. The molecule has 2 rings (SSSR count). The molecule has 1 fully saturated rings. The topological polar surface area (TPSA) is 102 Å². The number of sulfone groups is 2. The summed E-state index contributed by atoms with van der Waals surface area (Å²) < 4.78 is 71.1. The van der Waals surface area contributed by atoms with Crippen molar-refractivity contribution in [2.45, 2.75) is 34.8 Å². The average molecular weight is 387 g/mol. The van der Waals surface area contributed by atoms with Crippen molar-refractivity contribution < 1.29 is 25.3 Å². The summed E-state index contributed by atoms with van der Waals surface area (Å²) in [5, 5.41) is -1.05. The number of hydrogen-bond donors (Lipinski definition) is 0. The van der Waals surface area contributed by atoms with E-state index in [4.69, 9.17) is 10.7 Å². The van der Waals surface area contributed by atoms with E-state index in [1.165, 1.54) is 12.1 Å². The van der Waals surface area contributed by atoms with Gasteiger partial charge >= 0.3 is 0 Å². The van der Waals surface area contributed by atoms with Crippen LogP contribution in [-0.2, 0) is 35.1 Å². The van der Waals surface area contributed by atoms with Crippen LogP contribution in [0.2, 0.25) is 0 Å². The molecule has 0 amide bonds. The Labute approximate surface area is 134 Å². The molecule has 0 radical (unpaired) electrons. The number of rotatable bonds is 4. The Kier molecular flexibility index (Phi) is 4.65. The van der Waals surface area contributed by atoms with Gasteiger partial charge in [0.05, 0.1) is 26.5 Å². The molecular weight excluding hydrogens is 372 g/mol. The van der Waals surface area contributed by atoms with Crippen LogP contribution in [0, 0.1) is 0 Å². The van der Waals surface area contributed by atoms with E-state index in [-0.39, 0.29) is 22.0 Å². The van der Waals surface area contributed by atoms with Crippen molar-refractivity contribution in [2.24, 2.45) is 0 Å². The van der Waals surface area contributed by atoms with E-state index in [1.54, 1.807) is 6.92 Å². The van der Waals surface area contributed by atoms with E-state index >= 15 is 0 Å². The predicted octanol–water partition coefficient (Wildman–Crippen LogP) is 1.14. The van der Waals surface area contributed by atoms with Crippen LogP contribution in [0.5, 0.6) is 0 Å². The SMILES string of the molecule is CCc1ccc(S(=O)(=O)C2CCS(=O)(=O)C2)cc1S(=O)(=O)Cl. The summed E-state index contributed by atoms with van der Waals surface area (Å²) in [5.74, 6) is -0.613. The van der Waals surface area contributed by atoms with Gasteiger partial charge in [0.25, 0.3) is 9.05 Å². The van der Waals surface area contributed by atoms with Crippen LogP contribution in [-0.4, -0.2) is 42.0 Å². The molecule has 0 bridgehead atoms. The maximum atomic E-state index is 12.5. The molecule has 1 heterocycles. The Balaban J connectivity index is 2.54. The van der Waals surface area contributed by atoms with Gasteiger partial charge in [-0.15, -0.1) is 0 Å². The van der Waals surface area contributed by atoms with Crippen LogP contribution >= 0.6 is 10.7 Å². The number of halogens is 1. The molecule has 1 aliphatic rings. The third kappa shape index (κ3) is 3.47. The molecule has 0 saturated carbocycles. The second-order valence-electron chi connectivity index (χ2n) is 5.13. The number of hydrogen-bond acceptors (Lipinski definition) is 6. The largest absolute Gasteiger partial charge is 0.261 e. The molecule has 10 heteroatoms. The average Bonchev–Trinajstić information content (AvgIpc) is 2.78. The lowest BCUT2D eigenvalue weighted by Gasteiger charge is -2.12. The molecule has 124 valence electrons. The minimum absolute atomic E-state index is 0.0170. The van der Waals surface area contributed by atoms with E-state index in [2.05, 4.69) is 0 Å². The fourth-order valence-electron chi connectivity index (χ4n) is 2.43. The van der Waals surface area contributed by atoms with E-state index in [1.807, 2.05) is 0 Å². The van der Waals surface area contributed by atoms with Gasteiger partial charge in [-0.3, -0.25) is 0 Å². The van der Waals surface area contributed by atoms with Gasteiger partial charge in [0, 0.05) is 10.7 Å². The smallest absolute Gasteiger partial charge is 0.229 e. The highest BCUT2D eigenvalue weighted by Gasteiger charge is 2.38. The normalized spacial score (nSPS) is 21.8. The van der Waals surface area contributed by atoms with Gasteiger partial charge in [0.1, 0.15) is 0 Å². The van der Waals surface area contributed by atoms with E-state index < -0.39 is 39.7 Å². The van der Waals surface area contributed by atoms with Gasteiger partial charge in [-0.2, -0.15) is 0 Å². The molecular formula is C12H15ClO6S3. The summed E-state index contributed by atoms with van der Waals surface area (Å²) in [6.45, 7) is 1.72. The van der Waals surface area contributed by atoms with Gasteiger partial charge in [0.2, 0.25) is 0 Å². The van der Waals surface area contributed by atoms with Crippen LogP contribution in [0.25, 0.3) is 0 Å². The fraction of sp³-hybridized carbons (Fsp3) is 0.500. The minimum atomic E-state index is -4.09. The first kappa shape index (κ1) is 17.7. The Bertz CT molecular complexity index is 900. The van der Waals surface area contributed by atoms with Crippen LogP contribution in [0.3, 0.4) is 0 Å². The van der Waals surface area contributed by atoms with Crippen LogP contribution in [0.4, 0.5) is 0 Å². The van der Waals surface area contributed by atoms with Crippen molar-refractivity contribution >= 4 is 39.4 Å². The zero-order valence-corrected chi connectivity index (χ0v) is 14.9. The van der Waals surface area contributed by atoms with Crippen molar-refractivity contribution in [2.75, 3.05) is 11.5 Å². The third-order valence-electron chi connectivity index (χ3n) is 3.64. The van der Waals surface area contributed by atoms with Crippen LogP contribution in [0.1, 0.15) is 18.9 Å². The standard InChI is InChI=1S/C12H15ClO6S3/c1-2-9-3-4-10(7-12(9)22(13,18)19)21(16,17)11-5-6-20(14,15)8-11/h3-4,7,11H,2,5-6,8H2,1H3. The molecule has 0 aromatic heterocycles. The second-order valence-corrected chi connectivity index (χ2v) is 12.1. The van der Waals surface area contributed by atoms with Crippen LogP contribution in [0.15, 0.2) is 28.0 Å². The summed E-state index contributed by atoms with van der Waals surface area (Å²) in [5.41, 5.74) is 0.410. The van der Waals surface area contributed by atoms with E-state index in [0.717, 1.165) is 6.07 Å². The van der Waals surface area contributed by atoms with Gasteiger partial charge < -0.3 is 0 Å². The van der Waals surface area contributed by atoms with Crippen LogP contribution < -0.4 is 0 Å². The van der Waals surface area contributed by atoms with Gasteiger partial charge in [0.15, 0.2) is 19.7 Å². The van der Waals surface area contributed by atoms with Crippen molar-refractivity contribution in [1.82, 2.24) is 0 Å². The highest BCUT2D eigenvalue weighted by atomic mass is 35.7. The Morgan fingerprint density at radius 1 is 1.23 bits per heavy atom. The Morgan fingerprint density at radius 2 is 1.86 bits per heavy atom. The Morgan fingerprint density at radius 3 is 2.32 bits per heavy atom. The fourth-order valence-corrected chi connectivity index (χ4v) is 8.11. The third-order valence-corrected chi connectivity index (χ3v) is 9.21. The molecule has 0 spiro atoms. The van der Waals surface area contributed by atoms with Crippen molar-refractivity contribution in [1.29, 1.82) is 0 Å². The predicted molar refractivity (Wildman–Crippen MR) is 83.1 cm³/mol. The molecule has 6 nitrogen and oxygen atoms in total. The van der Waals surface area contributed by atoms with Gasteiger partial charge in [-0.25, -0.2) is 25.3 Å². The lowest BCUT2D eigenvalue weighted by atomic mass is 10.2. The lowest BCUT2D eigenvalue weighted by Crippen LogP contribution is -2.23. The minimum Gasteiger partial charge on any atom is -0.229 e. The molecule has 0 aliphatic carbocycles. The maximum absolute atomic E-state index is 12.5. The van der Waals surface area contributed by atoms with Crippen molar-refractivity contribution in [3.05, 3.63) is 23.8 Å². The van der Waals surface area contributed by atoms with Gasteiger partial charge in [-0.1, -0.05) is 13.0 Å². The zero-order valence-electron chi connectivity index (χ0n) is 11.7. The summed E-state index contributed by atoms with van der Waals surface area (Å²) in [4.78, 5) is -0.468. The highest BCUT2D eigenvalue weighted by Crippen LogP contribution is 2.29. The molecule has 1 atom stereocenters. The summed E-state index contributed by atoms with van der Waals surface area (Å²) >= 11 is 0. The summed E-state index contributed by atoms with van der Waals surface area (Å²) in [7, 11) is -6.02. The summed E-state index contributed by atoms with van der Waals surface area (Å²) in [6, 6.07) is 3.71. The first-order valence-electron chi connectivity index (χ1n) is 6.49. The molecule has 1 aliphatic heterocycles.